The van der Waals surface area contributed by atoms with Crippen LogP contribution >= 0.6 is 23.5 Å². The Morgan fingerprint density at radius 3 is 2.07 bits per heavy atom. The van der Waals surface area contributed by atoms with E-state index in [4.69, 9.17) is 11.6 Å². The lowest BCUT2D eigenvalue weighted by molar-refractivity contribution is 0.0785. The molecule has 0 bridgehead atoms. The molecule has 0 aliphatic rings. The largest absolute Gasteiger partial charge is 0.337 e. The molecule has 0 saturated heterocycles. The smallest absolute Gasteiger partial charge is 0.255 e. The molecule has 0 saturated carbocycles. The first-order valence-electron chi connectivity index (χ1n) is 9.15. The molecule has 0 spiro atoms. The van der Waals surface area contributed by atoms with Crippen LogP contribution in [0, 0.1) is 5.82 Å². The van der Waals surface area contributed by atoms with Gasteiger partial charge in [0.2, 0.25) is 0 Å². The summed E-state index contributed by atoms with van der Waals surface area (Å²) >= 11 is 7.45. The van der Waals surface area contributed by atoms with Crippen molar-refractivity contribution in [1.82, 2.24) is 9.21 Å². The number of carbonyl (C=O) groups excluding carboxylic acids is 1. The molecule has 29 heavy (non-hydrogen) atoms. The highest BCUT2D eigenvalue weighted by Gasteiger charge is 2.19. The molecule has 0 aliphatic heterocycles. The van der Waals surface area contributed by atoms with Gasteiger partial charge < -0.3 is 4.90 Å². The third-order valence-corrected chi connectivity index (χ3v) is 5.63. The van der Waals surface area contributed by atoms with E-state index < -0.39 is 5.82 Å². The predicted octanol–water partition coefficient (Wildman–Crippen LogP) is 5.89. The van der Waals surface area contributed by atoms with Crippen LogP contribution in [0.25, 0.3) is 0 Å². The van der Waals surface area contributed by atoms with Crippen molar-refractivity contribution in [3.05, 3.63) is 100 Å². The van der Waals surface area contributed by atoms with Crippen LogP contribution in [-0.4, -0.2) is 29.2 Å². The fourth-order valence-corrected chi connectivity index (χ4v) is 4.04. The van der Waals surface area contributed by atoms with Gasteiger partial charge in [0.05, 0.1) is 15.5 Å². The second-order valence-electron chi connectivity index (χ2n) is 6.77. The van der Waals surface area contributed by atoms with Gasteiger partial charge in [0.1, 0.15) is 5.82 Å². The molecule has 6 heteroatoms. The molecule has 0 heterocycles. The summed E-state index contributed by atoms with van der Waals surface area (Å²) in [6, 6.07) is 22.4. The fourth-order valence-electron chi connectivity index (χ4n) is 2.94. The first-order chi connectivity index (χ1) is 13.9. The highest BCUT2D eigenvalue weighted by atomic mass is 35.5. The molecule has 3 nitrogen and oxygen atoms in total. The standard InChI is InChI=1S/C23H22ClFN2OS/c1-26(15-17-9-5-3-6-10-17)23(28)19-13-22(21(25)14-20(19)24)29-27(2)16-18-11-7-4-8-12-18/h3-14H,15-16H2,1-2H3. The van der Waals surface area contributed by atoms with E-state index in [2.05, 4.69) is 0 Å². The monoisotopic (exact) mass is 428 g/mol. The van der Waals surface area contributed by atoms with E-state index >= 15 is 0 Å². The van der Waals surface area contributed by atoms with Crippen LogP contribution in [0.2, 0.25) is 5.02 Å². The zero-order valence-corrected chi connectivity index (χ0v) is 17.9. The van der Waals surface area contributed by atoms with Crippen molar-refractivity contribution in [2.75, 3.05) is 14.1 Å². The molecule has 3 aromatic rings. The molecule has 3 rings (SSSR count). The summed E-state index contributed by atoms with van der Waals surface area (Å²) in [4.78, 5) is 14.9. The van der Waals surface area contributed by atoms with Crippen molar-refractivity contribution in [3.8, 4) is 0 Å². The Bertz CT molecular complexity index is 969. The summed E-state index contributed by atoms with van der Waals surface area (Å²) in [5, 5.41) is 0.113. The highest BCUT2D eigenvalue weighted by Crippen LogP contribution is 2.31. The van der Waals surface area contributed by atoms with Crippen molar-refractivity contribution in [2.45, 2.75) is 18.0 Å². The minimum atomic E-state index is -0.442. The molecule has 0 aliphatic carbocycles. The summed E-state index contributed by atoms with van der Waals surface area (Å²) in [5.74, 6) is -0.686. The summed E-state index contributed by atoms with van der Waals surface area (Å²) in [6.07, 6.45) is 0. The number of carbonyl (C=O) groups is 1. The van der Waals surface area contributed by atoms with Gasteiger partial charge in [0.15, 0.2) is 0 Å². The number of amides is 1. The molecular formula is C23H22ClFN2OS. The van der Waals surface area contributed by atoms with E-state index in [0.29, 0.717) is 23.5 Å². The lowest BCUT2D eigenvalue weighted by atomic mass is 10.1. The maximum atomic E-state index is 14.5. The van der Waals surface area contributed by atoms with Crippen molar-refractivity contribution in [1.29, 1.82) is 0 Å². The lowest BCUT2D eigenvalue weighted by Gasteiger charge is -2.20. The summed E-state index contributed by atoms with van der Waals surface area (Å²) in [6.45, 7) is 1.09. The maximum absolute atomic E-state index is 14.5. The van der Waals surface area contributed by atoms with Gasteiger partial charge in [-0.2, -0.15) is 0 Å². The first kappa shape index (κ1) is 21.4. The van der Waals surface area contributed by atoms with Crippen LogP contribution in [0.4, 0.5) is 4.39 Å². The molecule has 0 atom stereocenters. The topological polar surface area (TPSA) is 23.6 Å². The Labute approximate surface area is 180 Å². The minimum Gasteiger partial charge on any atom is -0.337 e. The molecule has 0 aromatic heterocycles. The van der Waals surface area contributed by atoms with Gasteiger partial charge in [-0.1, -0.05) is 72.3 Å². The van der Waals surface area contributed by atoms with Crippen molar-refractivity contribution in [3.63, 3.8) is 0 Å². The molecule has 1 amide bonds. The Balaban J connectivity index is 1.75. The zero-order chi connectivity index (χ0) is 20.8. The minimum absolute atomic E-state index is 0.113. The van der Waals surface area contributed by atoms with E-state index in [1.54, 1.807) is 11.9 Å². The average molecular weight is 429 g/mol. The zero-order valence-electron chi connectivity index (χ0n) is 16.3. The normalized spacial score (nSPS) is 10.9. The van der Waals surface area contributed by atoms with E-state index in [-0.39, 0.29) is 10.9 Å². The Morgan fingerprint density at radius 1 is 0.931 bits per heavy atom. The van der Waals surface area contributed by atoms with Crippen LogP contribution in [0.1, 0.15) is 21.5 Å². The quantitative estimate of drug-likeness (QED) is 0.438. The lowest BCUT2D eigenvalue weighted by Crippen LogP contribution is -2.26. The van der Waals surface area contributed by atoms with Gasteiger partial charge in [-0.05, 0) is 42.3 Å². The summed E-state index contributed by atoms with van der Waals surface area (Å²) in [5.41, 5.74) is 2.43. The number of nitrogens with zero attached hydrogens (tertiary/aromatic N) is 2. The van der Waals surface area contributed by atoms with Gasteiger partial charge in [0, 0.05) is 20.1 Å². The summed E-state index contributed by atoms with van der Waals surface area (Å²) < 4.78 is 16.4. The Morgan fingerprint density at radius 2 is 1.48 bits per heavy atom. The second kappa shape index (κ2) is 9.92. The predicted molar refractivity (Wildman–Crippen MR) is 117 cm³/mol. The highest BCUT2D eigenvalue weighted by molar-refractivity contribution is 7.97. The first-order valence-corrected chi connectivity index (χ1v) is 10.3. The molecule has 150 valence electrons. The van der Waals surface area contributed by atoms with Crippen LogP contribution in [-0.2, 0) is 13.1 Å². The van der Waals surface area contributed by atoms with Crippen molar-refractivity contribution < 1.29 is 9.18 Å². The van der Waals surface area contributed by atoms with Crippen molar-refractivity contribution >= 4 is 29.5 Å². The SMILES string of the molecule is CN(Cc1ccccc1)Sc1cc(C(=O)N(C)Cc2ccccc2)c(Cl)cc1F. The number of halogens is 2. The van der Waals surface area contributed by atoms with Gasteiger partial charge in [-0.25, -0.2) is 8.70 Å². The van der Waals surface area contributed by atoms with Crippen LogP contribution in [0.3, 0.4) is 0 Å². The number of benzene rings is 3. The third kappa shape index (κ3) is 5.82. The molecule has 0 fully saturated rings. The van der Waals surface area contributed by atoms with Crippen LogP contribution in [0.15, 0.2) is 77.7 Å². The third-order valence-electron chi connectivity index (χ3n) is 4.36. The number of hydrogen-bond donors (Lipinski definition) is 0. The fraction of sp³-hybridized carbons (Fsp3) is 0.174. The molecule has 0 N–H and O–H groups in total. The van der Waals surface area contributed by atoms with E-state index in [1.165, 1.54) is 24.1 Å². The van der Waals surface area contributed by atoms with Crippen LogP contribution < -0.4 is 0 Å². The van der Waals surface area contributed by atoms with Gasteiger partial charge >= 0.3 is 0 Å². The number of rotatable bonds is 7. The van der Waals surface area contributed by atoms with Crippen LogP contribution in [0.5, 0.6) is 0 Å². The van der Waals surface area contributed by atoms with E-state index in [0.717, 1.165) is 11.1 Å². The molecular weight excluding hydrogens is 407 g/mol. The van der Waals surface area contributed by atoms with Crippen molar-refractivity contribution in [2.24, 2.45) is 0 Å². The van der Waals surface area contributed by atoms with E-state index in [9.17, 15) is 9.18 Å². The summed E-state index contributed by atoms with van der Waals surface area (Å²) in [7, 11) is 3.60. The van der Waals surface area contributed by atoms with E-state index in [1.807, 2.05) is 72.0 Å². The Kier molecular flexibility index (Phi) is 7.31. The number of hydrogen-bond acceptors (Lipinski definition) is 3. The average Bonchev–Trinajstić information content (AvgIpc) is 2.71. The van der Waals surface area contributed by atoms with Gasteiger partial charge in [-0.15, -0.1) is 0 Å². The van der Waals surface area contributed by atoms with Gasteiger partial charge in [-0.3, -0.25) is 4.79 Å². The Hall–Kier alpha value is -2.34. The molecule has 0 unspecified atom stereocenters. The van der Waals surface area contributed by atoms with Gasteiger partial charge in [0.25, 0.3) is 5.91 Å². The molecule has 3 aromatic carbocycles. The second-order valence-corrected chi connectivity index (χ2v) is 8.43. The maximum Gasteiger partial charge on any atom is 0.255 e. The molecule has 0 radical (unpaired) electrons.